The van der Waals surface area contributed by atoms with E-state index >= 15 is 0 Å². The minimum Gasteiger partial charge on any atom is -0.337 e. The van der Waals surface area contributed by atoms with E-state index in [0.29, 0.717) is 29.3 Å². The van der Waals surface area contributed by atoms with Crippen LogP contribution in [0.4, 0.5) is 0 Å². The molecule has 1 aliphatic heterocycles. The molecular weight excluding hydrogens is 346 g/mol. The van der Waals surface area contributed by atoms with E-state index in [9.17, 15) is 9.59 Å². The topological polar surface area (TPSA) is 94.1 Å². The van der Waals surface area contributed by atoms with Crippen LogP contribution in [0.1, 0.15) is 49.4 Å². The third kappa shape index (κ3) is 2.90. The number of aromatic nitrogens is 4. The highest BCUT2D eigenvalue weighted by Gasteiger charge is 2.36. The summed E-state index contributed by atoms with van der Waals surface area (Å²) in [5.74, 6) is 1.53. The van der Waals surface area contributed by atoms with Crippen LogP contribution in [0.3, 0.4) is 0 Å². The largest absolute Gasteiger partial charge is 0.337 e. The van der Waals surface area contributed by atoms with Crippen LogP contribution < -0.4 is 5.56 Å². The minimum absolute atomic E-state index is 0.0449. The molecule has 0 N–H and O–H groups in total. The molecule has 1 aliphatic carbocycles. The normalized spacial score (nSPS) is 19.7. The maximum Gasteiger partial charge on any atom is 0.261 e. The second kappa shape index (κ2) is 6.29. The fraction of sp³-hybridized carbons (Fsp3) is 0.421. The van der Waals surface area contributed by atoms with E-state index in [0.717, 1.165) is 31.5 Å². The lowest BCUT2D eigenvalue weighted by atomic mass is 10.2. The van der Waals surface area contributed by atoms with Crippen LogP contribution >= 0.6 is 0 Å². The molecule has 2 aliphatic rings. The van der Waals surface area contributed by atoms with Gasteiger partial charge in [0.25, 0.3) is 5.56 Å². The van der Waals surface area contributed by atoms with Gasteiger partial charge in [-0.1, -0.05) is 17.3 Å². The number of amides is 1. The van der Waals surface area contributed by atoms with Gasteiger partial charge in [-0.3, -0.25) is 14.2 Å². The number of nitrogens with zero attached hydrogens (tertiary/aromatic N) is 5. The minimum atomic E-state index is -0.210. The molecule has 1 saturated carbocycles. The van der Waals surface area contributed by atoms with Crippen molar-refractivity contribution in [2.24, 2.45) is 0 Å². The zero-order valence-corrected chi connectivity index (χ0v) is 14.7. The Bertz CT molecular complexity index is 1070. The molecule has 0 bridgehead atoms. The maximum atomic E-state index is 12.9. The van der Waals surface area contributed by atoms with E-state index in [1.165, 1.54) is 10.9 Å². The zero-order chi connectivity index (χ0) is 18.4. The molecule has 3 aromatic rings. The lowest BCUT2D eigenvalue weighted by molar-refractivity contribution is -0.133. The monoisotopic (exact) mass is 365 g/mol. The molecule has 1 amide bonds. The Labute approximate surface area is 154 Å². The Morgan fingerprint density at radius 3 is 2.93 bits per heavy atom. The Hall–Kier alpha value is -3.03. The molecule has 2 aromatic heterocycles. The third-order valence-corrected chi connectivity index (χ3v) is 5.30. The smallest absolute Gasteiger partial charge is 0.261 e. The Balaban J connectivity index is 1.38. The van der Waals surface area contributed by atoms with Crippen molar-refractivity contribution in [1.29, 1.82) is 0 Å². The summed E-state index contributed by atoms with van der Waals surface area (Å²) < 4.78 is 6.79. The summed E-state index contributed by atoms with van der Waals surface area (Å²) in [6, 6.07) is 6.93. The number of benzene rings is 1. The van der Waals surface area contributed by atoms with Crippen LogP contribution in [0, 0.1) is 0 Å². The first-order valence-electron chi connectivity index (χ1n) is 9.28. The highest BCUT2D eigenvalue weighted by molar-refractivity contribution is 5.79. The van der Waals surface area contributed by atoms with Crippen LogP contribution in [0.25, 0.3) is 10.9 Å². The van der Waals surface area contributed by atoms with Gasteiger partial charge in [-0.15, -0.1) is 0 Å². The van der Waals surface area contributed by atoms with Crippen molar-refractivity contribution < 1.29 is 9.32 Å². The summed E-state index contributed by atoms with van der Waals surface area (Å²) in [5, 5.41) is 4.57. The van der Waals surface area contributed by atoms with E-state index < -0.39 is 0 Å². The lowest BCUT2D eigenvalue weighted by Crippen LogP contribution is -2.36. The number of hydrogen-bond donors (Lipinski definition) is 0. The van der Waals surface area contributed by atoms with Crippen LogP contribution in [-0.4, -0.2) is 37.0 Å². The van der Waals surface area contributed by atoms with Crippen molar-refractivity contribution in [2.75, 3.05) is 6.54 Å². The molecule has 1 saturated heterocycles. The van der Waals surface area contributed by atoms with E-state index in [1.807, 2.05) is 6.07 Å². The predicted molar refractivity (Wildman–Crippen MR) is 96.0 cm³/mol. The average molecular weight is 365 g/mol. The number of rotatable bonds is 4. The summed E-state index contributed by atoms with van der Waals surface area (Å²) in [4.78, 5) is 36.0. The van der Waals surface area contributed by atoms with Gasteiger partial charge in [0.15, 0.2) is 5.82 Å². The van der Waals surface area contributed by atoms with Crippen LogP contribution in [0.15, 0.2) is 39.9 Å². The standard InChI is InChI=1S/C19H19N5O3/c25-16(10-23-11-20-14-5-2-1-4-13(14)19(23)26)24-9-3-6-15(24)18-21-17(22-27-18)12-7-8-12/h1-2,4-5,11-12,15H,3,6-10H2. The van der Waals surface area contributed by atoms with Gasteiger partial charge >= 0.3 is 0 Å². The highest BCUT2D eigenvalue weighted by atomic mass is 16.5. The van der Waals surface area contributed by atoms with E-state index in [1.54, 1.807) is 23.1 Å². The number of carbonyl (C=O) groups excluding carboxylic acids is 1. The number of para-hydroxylation sites is 1. The van der Waals surface area contributed by atoms with Crippen molar-refractivity contribution >= 4 is 16.8 Å². The van der Waals surface area contributed by atoms with Gasteiger partial charge < -0.3 is 9.42 Å². The molecule has 8 heteroatoms. The van der Waals surface area contributed by atoms with Gasteiger partial charge in [0.1, 0.15) is 12.6 Å². The predicted octanol–water partition coefficient (Wildman–Crippen LogP) is 2.02. The molecule has 5 rings (SSSR count). The molecule has 3 heterocycles. The van der Waals surface area contributed by atoms with Gasteiger partial charge in [0, 0.05) is 12.5 Å². The first kappa shape index (κ1) is 16.2. The Kier molecular flexibility index (Phi) is 3.77. The van der Waals surface area contributed by atoms with Crippen LogP contribution in [0.5, 0.6) is 0 Å². The SMILES string of the molecule is O=C(Cn1cnc2ccccc2c1=O)N1CCCC1c1nc(C2CC2)no1. The fourth-order valence-electron chi connectivity index (χ4n) is 3.67. The van der Waals surface area contributed by atoms with Crippen molar-refractivity contribution in [1.82, 2.24) is 24.6 Å². The van der Waals surface area contributed by atoms with Crippen LogP contribution in [0.2, 0.25) is 0 Å². The molecule has 138 valence electrons. The first-order chi connectivity index (χ1) is 13.2. The number of hydrogen-bond acceptors (Lipinski definition) is 6. The highest BCUT2D eigenvalue weighted by Crippen LogP contribution is 2.39. The molecule has 8 nitrogen and oxygen atoms in total. The maximum absolute atomic E-state index is 12.9. The second-order valence-electron chi connectivity index (χ2n) is 7.21. The van der Waals surface area contributed by atoms with Gasteiger partial charge in [-0.2, -0.15) is 4.98 Å². The quantitative estimate of drug-likeness (QED) is 0.702. The summed E-state index contributed by atoms with van der Waals surface area (Å²) in [7, 11) is 0. The molecule has 27 heavy (non-hydrogen) atoms. The van der Waals surface area contributed by atoms with E-state index in [2.05, 4.69) is 15.1 Å². The van der Waals surface area contributed by atoms with Gasteiger partial charge in [0.05, 0.1) is 17.2 Å². The molecule has 1 unspecified atom stereocenters. The summed E-state index contributed by atoms with van der Waals surface area (Å²) in [5.41, 5.74) is 0.419. The number of fused-ring (bicyclic) bond motifs is 1. The Morgan fingerprint density at radius 2 is 2.07 bits per heavy atom. The first-order valence-corrected chi connectivity index (χ1v) is 9.28. The van der Waals surface area contributed by atoms with Gasteiger partial charge in [-0.05, 0) is 37.8 Å². The number of likely N-dealkylation sites (tertiary alicyclic amines) is 1. The van der Waals surface area contributed by atoms with Gasteiger partial charge in [-0.25, -0.2) is 4.98 Å². The molecular formula is C19H19N5O3. The molecule has 2 fully saturated rings. The van der Waals surface area contributed by atoms with Crippen molar-refractivity contribution in [3.63, 3.8) is 0 Å². The fourth-order valence-corrected chi connectivity index (χ4v) is 3.67. The lowest BCUT2D eigenvalue weighted by Gasteiger charge is -2.22. The summed E-state index contributed by atoms with van der Waals surface area (Å²) in [6.45, 7) is 0.581. The van der Waals surface area contributed by atoms with E-state index in [-0.39, 0.29) is 24.1 Å². The molecule has 0 spiro atoms. The number of carbonyl (C=O) groups is 1. The second-order valence-corrected chi connectivity index (χ2v) is 7.21. The van der Waals surface area contributed by atoms with Crippen molar-refractivity contribution in [3.8, 4) is 0 Å². The molecule has 0 radical (unpaired) electrons. The van der Waals surface area contributed by atoms with Crippen LogP contribution in [-0.2, 0) is 11.3 Å². The Morgan fingerprint density at radius 1 is 1.22 bits per heavy atom. The molecule has 1 atom stereocenters. The zero-order valence-electron chi connectivity index (χ0n) is 14.7. The summed E-state index contributed by atoms with van der Waals surface area (Å²) in [6.07, 6.45) is 5.31. The summed E-state index contributed by atoms with van der Waals surface area (Å²) >= 11 is 0. The molecule has 1 aromatic carbocycles. The van der Waals surface area contributed by atoms with E-state index in [4.69, 9.17) is 4.52 Å². The third-order valence-electron chi connectivity index (χ3n) is 5.30. The van der Waals surface area contributed by atoms with Crippen molar-refractivity contribution in [2.45, 2.75) is 44.2 Å². The van der Waals surface area contributed by atoms with Gasteiger partial charge in [0.2, 0.25) is 11.8 Å². The van der Waals surface area contributed by atoms with Crippen molar-refractivity contribution in [3.05, 3.63) is 52.7 Å². The average Bonchev–Trinajstić information content (AvgIpc) is 3.21.